The van der Waals surface area contributed by atoms with Gasteiger partial charge in [0.15, 0.2) is 5.16 Å². The van der Waals surface area contributed by atoms with E-state index in [0.717, 1.165) is 18.0 Å². The van der Waals surface area contributed by atoms with Gasteiger partial charge in [-0.1, -0.05) is 18.7 Å². The smallest absolute Gasteiger partial charge is 0.313 e. The molecule has 1 aromatic rings. The molecule has 2 aliphatic rings. The topological polar surface area (TPSA) is 58.4 Å². The molecule has 5 nitrogen and oxygen atoms in total. The van der Waals surface area contributed by atoms with E-state index in [1.807, 2.05) is 6.20 Å². The van der Waals surface area contributed by atoms with E-state index in [1.165, 1.54) is 43.4 Å². The van der Waals surface area contributed by atoms with Crippen LogP contribution in [0, 0.1) is 0 Å². The number of imidazole rings is 1. The molecule has 2 aliphatic heterocycles. The maximum absolute atomic E-state index is 10.8. The summed E-state index contributed by atoms with van der Waals surface area (Å²) in [6, 6.07) is 1.10. The Labute approximate surface area is 123 Å². The van der Waals surface area contributed by atoms with Crippen molar-refractivity contribution in [3.05, 3.63) is 11.9 Å². The lowest BCUT2D eigenvalue weighted by atomic mass is 10.1. The molecule has 2 unspecified atom stereocenters. The van der Waals surface area contributed by atoms with E-state index in [0.29, 0.717) is 12.1 Å². The van der Waals surface area contributed by atoms with Gasteiger partial charge in [-0.3, -0.25) is 9.69 Å². The van der Waals surface area contributed by atoms with Crippen molar-refractivity contribution in [2.75, 3.05) is 18.8 Å². The first-order valence-corrected chi connectivity index (χ1v) is 8.34. The highest BCUT2D eigenvalue weighted by Crippen LogP contribution is 2.39. The number of carboxylic acid groups (broad SMARTS) is 1. The second-order valence-electron chi connectivity index (χ2n) is 5.54. The molecule has 1 N–H and O–H groups in total. The molecular formula is C14H21N3O2S. The molecule has 0 bridgehead atoms. The summed E-state index contributed by atoms with van der Waals surface area (Å²) in [4.78, 5) is 17.8. The molecule has 110 valence electrons. The zero-order valence-corrected chi connectivity index (χ0v) is 12.6. The first-order valence-electron chi connectivity index (χ1n) is 7.35. The first kappa shape index (κ1) is 13.9. The maximum atomic E-state index is 10.8. The van der Waals surface area contributed by atoms with Gasteiger partial charge < -0.3 is 9.67 Å². The Kier molecular flexibility index (Phi) is 4.03. The van der Waals surface area contributed by atoms with E-state index < -0.39 is 5.97 Å². The molecule has 2 saturated heterocycles. The summed E-state index contributed by atoms with van der Waals surface area (Å²) in [6.07, 6.45) is 6.57. The van der Waals surface area contributed by atoms with Gasteiger partial charge >= 0.3 is 5.97 Å². The number of hydrogen-bond donors (Lipinski definition) is 1. The van der Waals surface area contributed by atoms with Gasteiger partial charge in [-0.15, -0.1) is 0 Å². The quantitative estimate of drug-likeness (QED) is 0.842. The molecule has 0 radical (unpaired) electrons. The highest BCUT2D eigenvalue weighted by Gasteiger charge is 2.39. The van der Waals surface area contributed by atoms with E-state index in [9.17, 15) is 4.79 Å². The number of fused-ring (bicyclic) bond motifs is 1. The molecular weight excluding hydrogens is 274 g/mol. The maximum Gasteiger partial charge on any atom is 0.313 e. The van der Waals surface area contributed by atoms with Crippen molar-refractivity contribution in [1.29, 1.82) is 0 Å². The van der Waals surface area contributed by atoms with Crippen molar-refractivity contribution in [3.8, 4) is 0 Å². The Morgan fingerprint density at radius 1 is 1.45 bits per heavy atom. The Balaban J connectivity index is 1.86. The minimum Gasteiger partial charge on any atom is -0.481 e. The fourth-order valence-electron chi connectivity index (χ4n) is 3.58. The van der Waals surface area contributed by atoms with Crippen LogP contribution in [-0.4, -0.2) is 50.4 Å². The van der Waals surface area contributed by atoms with Gasteiger partial charge in [0.2, 0.25) is 0 Å². The van der Waals surface area contributed by atoms with Gasteiger partial charge in [0, 0.05) is 24.5 Å². The first-order chi connectivity index (χ1) is 9.70. The summed E-state index contributed by atoms with van der Waals surface area (Å²) in [5.41, 5.74) is 1.23. The summed E-state index contributed by atoms with van der Waals surface area (Å²) >= 11 is 1.35. The predicted octanol–water partition coefficient (Wildman–Crippen LogP) is 2.03. The van der Waals surface area contributed by atoms with Gasteiger partial charge in [-0.05, 0) is 32.2 Å². The van der Waals surface area contributed by atoms with Crippen LogP contribution >= 0.6 is 11.8 Å². The fourth-order valence-corrected chi connectivity index (χ4v) is 4.36. The molecule has 0 aliphatic carbocycles. The lowest BCUT2D eigenvalue weighted by molar-refractivity contribution is -0.133. The number of aliphatic carboxylic acids is 1. The molecule has 20 heavy (non-hydrogen) atoms. The second-order valence-corrected chi connectivity index (χ2v) is 6.48. The standard InChI is InChI=1S/C14H21N3O2S/c1-2-10-8-15-14(20-9-13(18)19)17(10)12-5-7-16-6-3-4-11(12)16/h8,11-12H,2-7,9H2,1H3,(H,18,19). The van der Waals surface area contributed by atoms with E-state index in [2.05, 4.69) is 21.4 Å². The van der Waals surface area contributed by atoms with Crippen molar-refractivity contribution >= 4 is 17.7 Å². The highest BCUT2D eigenvalue weighted by atomic mass is 32.2. The van der Waals surface area contributed by atoms with Crippen LogP contribution < -0.4 is 0 Å². The summed E-state index contributed by atoms with van der Waals surface area (Å²) in [5, 5.41) is 9.76. The number of rotatable bonds is 5. The van der Waals surface area contributed by atoms with Crippen molar-refractivity contribution in [3.63, 3.8) is 0 Å². The van der Waals surface area contributed by atoms with Crippen molar-refractivity contribution in [2.24, 2.45) is 0 Å². The highest BCUT2D eigenvalue weighted by molar-refractivity contribution is 7.99. The Hall–Kier alpha value is -1.01. The Morgan fingerprint density at radius 3 is 3.05 bits per heavy atom. The van der Waals surface area contributed by atoms with Crippen LogP contribution in [-0.2, 0) is 11.2 Å². The van der Waals surface area contributed by atoms with Crippen molar-refractivity contribution < 1.29 is 9.90 Å². The van der Waals surface area contributed by atoms with Crippen LogP contribution in [0.4, 0.5) is 0 Å². The lowest BCUT2D eigenvalue weighted by Crippen LogP contribution is -2.28. The second kappa shape index (κ2) is 5.77. The van der Waals surface area contributed by atoms with E-state index in [4.69, 9.17) is 5.11 Å². The molecule has 0 spiro atoms. The molecule has 6 heteroatoms. The van der Waals surface area contributed by atoms with Crippen LogP contribution in [0.15, 0.2) is 11.4 Å². The van der Waals surface area contributed by atoms with E-state index in [-0.39, 0.29) is 5.75 Å². The average Bonchev–Trinajstić information content (AvgIpc) is 3.10. The normalized spacial score (nSPS) is 26.1. The zero-order chi connectivity index (χ0) is 14.1. The van der Waals surface area contributed by atoms with E-state index >= 15 is 0 Å². The number of aryl methyl sites for hydroxylation is 1. The van der Waals surface area contributed by atoms with Crippen LogP contribution in [0.1, 0.15) is 37.9 Å². The fraction of sp³-hybridized carbons (Fsp3) is 0.714. The predicted molar refractivity (Wildman–Crippen MR) is 78.2 cm³/mol. The molecule has 2 fully saturated rings. The third-order valence-corrected chi connectivity index (χ3v) is 5.38. The number of thioether (sulfide) groups is 1. The summed E-state index contributed by atoms with van der Waals surface area (Å²) in [7, 11) is 0. The number of aromatic nitrogens is 2. The van der Waals surface area contributed by atoms with Gasteiger partial charge in [0.05, 0.1) is 11.8 Å². The van der Waals surface area contributed by atoms with Crippen LogP contribution in [0.25, 0.3) is 0 Å². The molecule has 0 saturated carbocycles. The average molecular weight is 295 g/mol. The summed E-state index contributed by atoms with van der Waals surface area (Å²) < 4.78 is 2.32. The molecule has 0 aromatic carbocycles. The molecule has 2 atom stereocenters. The number of carboxylic acids is 1. The van der Waals surface area contributed by atoms with Crippen molar-refractivity contribution in [1.82, 2.24) is 14.5 Å². The van der Waals surface area contributed by atoms with Gasteiger partial charge in [-0.2, -0.15) is 0 Å². The number of hydrogen-bond acceptors (Lipinski definition) is 4. The van der Waals surface area contributed by atoms with E-state index in [1.54, 1.807) is 0 Å². The monoisotopic (exact) mass is 295 g/mol. The SMILES string of the molecule is CCc1cnc(SCC(=O)O)n1C1CCN2CCCC12. The summed E-state index contributed by atoms with van der Waals surface area (Å²) in [5.74, 6) is -0.696. The zero-order valence-electron chi connectivity index (χ0n) is 11.8. The van der Waals surface area contributed by atoms with Gasteiger partial charge in [0.25, 0.3) is 0 Å². The summed E-state index contributed by atoms with van der Waals surface area (Å²) in [6.45, 7) is 4.52. The minimum absolute atomic E-state index is 0.0846. The van der Waals surface area contributed by atoms with Gasteiger partial charge in [0.1, 0.15) is 0 Å². The number of nitrogens with zero attached hydrogens (tertiary/aromatic N) is 3. The third kappa shape index (κ3) is 2.46. The lowest BCUT2D eigenvalue weighted by Gasteiger charge is -2.24. The Morgan fingerprint density at radius 2 is 2.30 bits per heavy atom. The largest absolute Gasteiger partial charge is 0.481 e. The van der Waals surface area contributed by atoms with Crippen molar-refractivity contribution in [2.45, 2.75) is 49.8 Å². The van der Waals surface area contributed by atoms with Crippen LogP contribution in [0.3, 0.4) is 0 Å². The molecule has 3 rings (SSSR count). The molecule has 3 heterocycles. The molecule has 1 aromatic heterocycles. The van der Waals surface area contributed by atoms with Crippen LogP contribution in [0.2, 0.25) is 0 Å². The third-order valence-electron chi connectivity index (χ3n) is 4.43. The Bertz CT molecular complexity index is 503. The number of carbonyl (C=O) groups is 1. The molecule has 0 amide bonds. The minimum atomic E-state index is -0.781. The van der Waals surface area contributed by atoms with Gasteiger partial charge in [-0.25, -0.2) is 4.98 Å². The van der Waals surface area contributed by atoms with Crippen LogP contribution in [0.5, 0.6) is 0 Å².